The summed E-state index contributed by atoms with van der Waals surface area (Å²) < 4.78 is 7.98. The molecule has 0 aliphatic rings. The predicted molar refractivity (Wildman–Crippen MR) is 472 cm³/mol. The smallest absolute Gasteiger partial charge is 0.0973 e. The topological polar surface area (TPSA) is 77.3 Å². The molecule has 0 spiro atoms. The van der Waals surface area contributed by atoms with Gasteiger partial charge in [0.2, 0.25) is 0 Å². The first-order valence-electron chi connectivity index (χ1n) is 37.1. The average molecular weight is 1470 g/mol. The maximum atomic E-state index is 5.17. The van der Waals surface area contributed by atoms with E-state index in [0.717, 1.165) is 112 Å². The molecule has 0 aliphatic heterocycles. The van der Waals surface area contributed by atoms with Gasteiger partial charge in [0.25, 0.3) is 0 Å². The fraction of sp³-hybridized carbons (Fsp3) is 0. The van der Waals surface area contributed by atoms with Crippen molar-refractivity contribution >= 4 is 127 Å². The second-order valence-electron chi connectivity index (χ2n) is 27.5. The SMILES string of the molecule is c1ccc(-c2nc(-c3ccc(-c4cccc5c4sc4ccccc45)cc3)cc3ncccc23)cc1.c1ccc(-c2nc3ccc(-c4ccc(-c5cccc6c5sc5ccccc56)cc4)cc3nc2-c2ccccc2)cc1.c1ccc(-c2nc3ccccc3nc2-c2ccc(-c3cccc4c3sc3ccccc34)cc2)cc1. The number of rotatable bonds is 10. The summed E-state index contributed by atoms with van der Waals surface area (Å²) in [6, 6.07) is 134. The largest absolute Gasteiger partial charge is 0.256 e. The zero-order chi connectivity index (χ0) is 73.6. The summed E-state index contributed by atoms with van der Waals surface area (Å²) in [6.45, 7) is 0. The first kappa shape index (κ1) is 66.6. The fourth-order valence-electron chi connectivity index (χ4n) is 15.3. The lowest BCUT2D eigenvalue weighted by Gasteiger charge is -2.12. The molecule has 0 aliphatic carbocycles. The van der Waals surface area contributed by atoms with Crippen molar-refractivity contribution in [2.75, 3.05) is 0 Å². The molecule has 0 unspecified atom stereocenters. The minimum absolute atomic E-state index is 0.889. The molecule has 111 heavy (non-hydrogen) atoms. The van der Waals surface area contributed by atoms with E-state index in [4.69, 9.17) is 24.9 Å². The molecule has 7 heterocycles. The summed E-state index contributed by atoms with van der Waals surface area (Å²) in [5.74, 6) is 0. The molecule has 22 rings (SSSR count). The number of fused-ring (bicyclic) bond motifs is 12. The van der Waals surface area contributed by atoms with Crippen molar-refractivity contribution in [3.05, 3.63) is 388 Å². The third kappa shape index (κ3) is 12.8. The number of hydrogen-bond acceptors (Lipinski definition) is 9. The lowest BCUT2D eigenvalue weighted by Crippen LogP contribution is -1.95. The highest BCUT2D eigenvalue weighted by molar-refractivity contribution is 7.27. The molecule has 0 atom stereocenters. The van der Waals surface area contributed by atoms with Crippen LogP contribution >= 0.6 is 34.0 Å². The molecule has 6 nitrogen and oxygen atoms in total. The minimum Gasteiger partial charge on any atom is -0.256 e. The summed E-state index contributed by atoms with van der Waals surface area (Å²) in [5, 5.41) is 9.01. The van der Waals surface area contributed by atoms with Crippen molar-refractivity contribution in [2.24, 2.45) is 0 Å². The number of hydrogen-bond donors (Lipinski definition) is 0. The number of thiophene rings is 3. The third-order valence-corrected chi connectivity index (χ3v) is 24.4. The lowest BCUT2D eigenvalue weighted by atomic mass is 9.98. The van der Waals surface area contributed by atoms with E-state index in [1.165, 1.54) is 93.9 Å². The van der Waals surface area contributed by atoms with Crippen LogP contribution in [0.5, 0.6) is 0 Å². The molecule has 9 heteroatoms. The summed E-state index contributed by atoms with van der Waals surface area (Å²) in [7, 11) is 0. The molecule has 22 aromatic rings. The van der Waals surface area contributed by atoms with Crippen LogP contribution in [0.4, 0.5) is 0 Å². The summed E-state index contributed by atoms with van der Waals surface area (Å²) in [4.78, 5) is 30.0. The van der Waals surface area contributed by atoms with E-state index in [2.05, 4.69) is 296 Å². The van der Waals surface area contributed by atoms with Gasteiger partial charge in [-0.25, -0.2) is 24.9 Å². The normalized spacial score (nSPS) is 11.4. The highest BCUT2D eigenvalue weighted by Crippen LogP contribution is 2.45. The first-order valence-corrected chi connectivity index (χ1v) is 39.6. The first-order chi connectivity index (χ1) is 55.0. The maximum Gasteiger partial charge on any atom is 0.0973 e. The summed E-state index contributed by atoms with van der Waals surface area (Å²) in [5.41, 5.74) is 26.2. The molecule has 0 bridgehead atoms. The average Bonchev–Trinajstić information content (AvgIpc) is 1.62. The van der Waals surface area contributed by atoms with Crippen LogP contribution in [-0.4, -0.2) is 29.9 Å². The van der Waals surface area contributed by atoms with Crippen LogP contribution in [0, 0.1) is 0 Å². The van der Waals surface area contributed by atoms with Crippen molar-refractivity contribution in [3.8, 4) is 112 Å². The van der Waals surface area contributed by atoms with Gasteiger partial charge in [-0.05, 0) is 105 Å². The van der Waals surface area contributed by atoms with Crippen LogP contribution < -0.4 is 0 Å². The molecule has 7 aromatic heterocycles. The summed E-state index contributed by atoms with van der Waals surface area (Å²) in [6.07, 6.45) is 1.84. The number of pyridine rings is 2. The van der Waals surface area contributed by atoms with E-state index >= 15 is 0 Å². The van der Waals surface area contributed by atoms with Crippen molar-refractivity contribution in [1.82, 2.24) is 29.9 Å². The molecule has 520 valence electrons. The van der Waals surface area contributed by atoms with Gasteiger partial charge in [0.15, 0.2) is 0 Å². The van der Waals surface area contributed by atoms with Gasteiger partial charge < -0.3 is 0 Å². The molecule has 0 saturated heterocycles. The van der Waals surface area contributed by atoms with Gasteiger partial charge in [-0.2, -0.15) is 0 Å². The van der Waals surface area contributed by atoms with Crippen LogP contribution in [0.25, 0.3) is 206 Å². The van der Waals surface area contributed by atoms with Gasteiger partial charge in [0.1, 0.15) is 0 Å². The van der Waals surface area contributed by atoms with Crippen molar-refractivity contribution < 1.29 is 0 Å². The molecule has 0 N–H and O–H groups in total. The maximum absolute atomic E-state index is 5.17. The van der Waals surface area contributed by atoms with Crippen LogP contribution in [0.3, 0.4) is 0 Å². The summed E-state index contributed by atoms with van der Waals surface area (Å²) >= 11 is 5.60. The van der Waals surface area contributed by atoms with Gasteiger partial charge in [-0.15, -0.1) is 34.0 Å². The zero-order valence-corrected chi connectivity index (χ0v) is 62.3. The molecule has 0 amide bonds. The van der Waals surface area contributed by atoms with Gasteiger partial charge in [0.05, 0.1) is 61.7 Å². The molecule has 0 saturated carbocycles. The molecular formula is C102H64N6S3. The Morgan fingerprint density at radius 2 is 0.486 bits per heavy atom. The fourth-order valence-corrected chi connectivity index (χ4v) is 19.0. The van der Waals surface area contributed by atoms with E-state index in [9.17, 15) is 0 Å². The van der Waals surface area contributed by atoms with Crippen LogP contribution in [0.1, 0.15) is 0 Å². The second-order valence-corrected chi connectivity index (χ2v) is 30.7. The quantitative estimate of drug-likeness (QED) is 0.136. The Balaban J connectivity index is 0.000000109. The Kier molecular flexibility index (Phi) is 17.4. The van der Waals surface area contributed by atoms with Crippen molar-refractivity contribution in [2.45, 2.75) is 0 Å². The van der Waals surface area contributed by atoms with Crippen molar-refractivity contribution in [1.29, 1.82) is 0 Å². The number of nitrogens with zero attached hydrogens (tertiary/aromatic N) is 6. The lowest BCUT2D eigenvalue weighted by molar-refractivity contribution is 1.29. The standard InChI is InChI=1S/C38H24N2S.2C32H20N2S/c1-3-10-27(11-4-1)36-37(28-12-5-2-6-13-28)40-34-24-29(22-23-33(34)39-36)25-18-20-26(21-19-25)30-15-9-16-32-31-14-7-8-17-35(31)41-38(30)32;1-2-9-22(10-3-1)30-31(34-28-15-6-5-14-27(28)33-30)23-19-17-21(18-20-23)24-12-8-13-26-25-11-4-7-16-29(25)35-32(24)26;1-2-8-23(9-3-1)31-27-13-7-19-33-29(27)20-28(34-31)22-17-15-21(16-18-22)24-11-6-12-26-25-10-4-5-14-30(25)35-32(24)26/h1-24H;2*1-20H. The van der Waals surface area contributed by atoms with Gasteiger partial charge >= 0.3 is 0 Å². The van der Waals surface area contributed by atoms with Crippen LogP contribution in [0.2, 0.25) is 0 Å². The Morgan fingerprint density at radius 1 is 0.171 bits per heavy atom. The molecule has 15 aromatic carbocycles. The van der Waals surface area contributed by atoms with E-state index < -0.39 is 0 Å². The van der Waals surface area contributed by atoms with Gasteiger partial charge in [-0.3, -0.25) is 4.98 Å². The Hall–Kier alpha value is -13.8. The second kappa shape index (κ2) is 29.1. The van der Waals surface area contributed by atoms with Gasteiger partial charge in [-0.1, -0.05) is 322 Å². The molecular weight excluding hydrogens is 1410 g/mol. The Morgan fingerprint density at radius 3 is 0.919 bits per heavy atom. The van der Waals surface area contributed by atoms with E-state index in [1.54, 1.807) is 0 Å². The predicted octanol–water partition coefficient (Wildman–Crippen LogP) is 28.7. The Bertz CT molecular complexity index is 7230. The third-order valence-electron chi connectivity index (χ3n) is 20.7. The van der Waals surface area contributed by atoms with Crippen LogP contribution in [0.15, 0.2) is 388 Å². The Labute approximate surface area is 653 Å². The van der Waals surface area contributed by atoms with Crippen LogP contribution in [-0.2, 0) is 0 Å². The van der Waals surface area contributed by atoms with E-state index in [-0.39, 0.29) is 0 Å². The minimum atomic E-state index is 0.889. The van der Waals surface area contributed by atoms with Crippen molar-refractivity contribution in [3.63, 3.8) is 0 Å². The molecule has 0 fully saturated rings. The molecule has 0 radical (unpaired) electrons. The monoisotopic (exact) mass is 1470 g/mol. The number of benzene rings is 15. The van der Waals surface area contributed by atoms with Gasteiger partial charge in [0, 0.05) is 105 Å². The highest BCUT2D eigenvalue weighted by atomic mass is 32.1. The highest BCUT2D eigenvalue weighted by Gasteiger charge is 2.20. The number of aromatic nitrogens is 6. The van der Waals surface area contributed by atoms with E-state index in [0.29, 0.717) is 0 Å². The number of para-hydroxylation sites is 2. The van der Waals surface area contributed by atoms with E-state index in [1.807, 2.05) is 131 Å². The zero-order valence-electron chi connectivity index (χ0n) is 59.9.